The minimum Gasteiger partial charge on any atom is -0.480 e. The van der Waals surface area contributed by atoms with Gasteiger partial charge in [0, 0.05) is 12.2 Å². The quantitative estimate of drug-likeness (QED) is 0.509. The van der Waals surface area contributed by atoms with E-state index in [-0.39, 0.29) is 23.6 Å². The number of hydrogen-bond donors (Lipinski definition) is 3. The topological polar surface area (TPSA) is 102 Å². The number of rotatable bonds is 6. The Kier molecular flexibility index (Phi) is 4.53. The van der Waals surface area contributed by atoms with Gasteiger partial charge in [0.2, 0.25) is 0 Å². The van der Waals surface area contributed by atoms with Crippen LogP contribution in [0.3, 0.4) is 0 Å². The first kappa shape index (κ1) is 16.8. The molecule has 130 valence electrons. The normalized spacial score (nSPS) is 35.2. The zero-order valence-corrected chi connectivity index (χ0v) is 14.0. The smallest absolute Gasteiger partial charge is 0.322 e. The lowest BCUT2D eigenvalue weighted by atomic mass is 9.48. The summed E-state index contributed by atoms with van der Waals surface area (Å²) in [4.78, 5) is 22.9. The monoisotopic (exact) mass is 331 g/mol. The van der Waals surface area contributed by atoms with E-state index in [9.17, 15) is 9.59 Å². The lowest BCUT2D eigenvalue weighted by Gasteiger charge is -2.59. The predicted molar refractivity (Wildman–Crippen MR) is 87.5 cm³/mol. The van der Waals surface area contributed by atoms with Crippen LogP contribution < -0.4 is 10.6 Å². The third-order valence-electron chi connectivity index (χ3n) is 6.22. The van der Waals surface area contributed by atoms with Crippen LogP contribution in [0.1, 0.15) is 45.4 Å². The molecule has 4 rings (SSSR count). The summed E-state index contributed by atoms with van der Waals surface area (Å²) in [5.74, 6) is 0.959. The number of amides is 1. The Morgan fingerprint density at radius 2 is 1.79 bits per heavy atom. The molecule has 0 heterocycles. The highest BCUT2D eigenvalue weighted by Crippen LogP contribution is 2.61. The van der Waals surface area contributed by atoms with Crippen molar-refractivity contribution in [2.45, 2.75) is 51.5 Å². The Morgan fingerprint density at radius 1 is 1.25 bits per heavy atom. The Bertz CT molecular complexity index is 570. The maximum atomic E-state index is 12.4. The minimum absolute atomic E-state index is 0.0367. The molecule has 3 N–H and O–H groups in total. The average Bonchev–Trinajstić information content (AvgIpc) is 2.49. The van der Waals surface area contributed by atoms with Gasteiger partial charge in [0.25, 0.3) is 5.91 Å². The van der Waals surface area contributed by atoms with Gasteiger partial charge >= 0.3 is 5.97 Å². The van der Waals surface area contributed by atoms with Gasteiger partial charge in [-0.1, -0.05) is 0 Å². The second-order valence-corrected chi connectivity index (χ2v) is 7.92. The van der Waals surface area contributed by atoms with Crippen molar-refractivity contribution in [3.8, 4) is 6.07 Å². The molecule has 0 radical (unpaired) electrons. The van der Waals surface area contributed by atoms with Crippen LogP contribution in [0.5, 0.6) is 0 Å². The molecule has 0 saturated heterocycles. The zero-order valence-electron chi connectivity index (χ0n) is 14.0. The number of hydrogen-bond acceptors (Lipinski definition) is 4. The number of carbonyl (C=O) groups excluding carboxylic acids is 1. The van der Waals surface area contributed by atoms with Crippen molar-refractivity contribution in [1.82, 2.24) is 10.6 Å². The third-order valence-corrected chi connectivity index (χ3v) is 6.22. The van der Waals surface area contributed by atoms with Crippen molar-refractivity contribution in [3.63, 3.8) is 0 Å². The summed E-state index contributed by atoms with van der Waals surface area (Å²) < 4.78 is 0. The van der Waals surface area contributed by atoms with E-state index in [0.717, 1.165) is 17.8 Å². The van der Waals surface area contributed by atoms with Crippen molar-refractivity contribution in [3.05, 3.63) is 11.8 Å². The molecule has 0 aromatic carbocycles. The SMILES string of the molecule is CC(NC(=O)/C(C#N)=C\NCC(=O)O)C12CC3CC(CC(C3)C1)C2. The third kappa shape index (κ3) is 3.26. The maximum absolute atomic E-state index is 12.4. The standard InChI is InChI=1S/C18H25N3O3/c1-11(21-17(24)15(8-19)9-20-10-16(22)23)18-5-12-2-13(6-18)4-14(3-12)7-18/h9,11-14,20H,2-7,10H2,1H3,(H,21,24)(H,22,23)/b15-9-. The number of nitriles is 1. The fraction of sp³-hybridized carbons (Fsp3) is 0.722. The Morgan fingerprint density at radius 3 is 2.25 bits per heavy atom. The molecule has 0 spiro atoms. The van der Waals surface area contributed by atoms with E-state index in [1.165, 1.54) is 44.7 Å². The van der Waals surface area contributed by atoms with E-state index in [1.54, 1.807) is 0 Å². The van der Waals surface area contributed by atoms with Gasteiger partial charge < -0.3 is 15.7 Å². The van der Waals surface area contributed by atoms with Crippen LogP contribution in [-0.2, 0) is 9.59 Å². The second-order valence-electron chi connectivity index (χ2n) is 7.92. The summed E-state index contributed by atoms with van der Waals surface area (Å²) in [5.41, 5.74) is 0.104. The average molecular weight is 331 g/mol. The molecule has 1 unspecified atom stereocenters. The lowest BCUT2D eigenvalue weighted by Crippen LogP contribution is -2.56. The summed E-state index contributed by atoms with van der Waals surface area (Å²) >= 11 is 0. The van der Waals surface area contributed by atoms with Gasteiger partial charge in [0.05, 0.1) is 0 Å². The molecule has 0 aliphatic heterocycles. The summed E-state index contributed by atoms with van der Waals surface area (Å²) in [5, 5.41) is 23.2. The molecule has 6 heteroatoms. The summed E-state index contributed by atoms with van der Waals surface area (Å²) in [7, 11) is 0. The molecule has 4 aliphatic carbocycles. The number of carboxylic acids is 1. The first-order chi connectivity index (χ1) is 11.4. The number of carbonyl (C=O) groups is 2. The predicted octanol–water partition coefficient (Wildman–Crippen LogP) is 1.79. The highest BCUT2D eigenvalue weighted by atomic mass is 16.4. The molecule has 4 fully saturated rings. The van der Waals surface area contributed by atoms with Crippen LogP contribution >= 0.6 is 0 Å². The van der Waals surface area contributed by atoms with Crippen LogP contribution in [0, 0.1) is 34.5 Å². The molecule has 4 saturated carbocycles. The maximum Gasteiger partial charge on any atom is 0.322 e. The largest absolute Gasteiger partial charge is 0.480 e. The summed E-state index contributed by atoms with van der Waals surface area (Å²) in [6.07, 6.45) is 8.79. The fourth-order valence-corrected chi connectivity index (χ4v) is 5.52. The van der Waals surface area contributed by atoms with Crippen molar-refractivity contribution < 1.29 is 14.7 Å². The van der Waals surface area contributed by atoms with Gasteiger partial charge in [-0.3, -0.25) is 9.59 Å². The molecule has 4 aliphatic rings. The summed E-state index contributed by atoms with van der Waals surface area (Å²) in [6, 6.07) is 1.89. The molecule has 1 amide bonds. The van der Waals surface area contributed by atoms with Crippen molar-refractivity contribution in [2.24, 2.45) is 23.2 Å². The minimum atomic E-state index is -1.04. The molecule has 0 aromatic rings. The molecular weight excluding hydrogens is 306 g/mol. The van der Waals surface area contributed by atoms with E-state index in [2.05, 4.69) is 17.6 Å². The highest BCUT2D eigenvalue weighted by molar-refractivity contribution is 5.97. The Balaban J connectivity index is 1.63. The first-order valence-corrected chi connectivity index (χ1v) is 8.78. The first-order valence-electron chi connectivity index (χ1n) is 8.78. The van der Waals surface area contributed by atoms with Crippen LogP contribution in [-0.4, -0.2) is 29.6 Å². The van der Waals surface area contributed by atoms with E-state index >= 15 is 0 Å². The van der Waals surface area contributed by atoms with Gasteiger partial charge in [-0.25, -0.2) is 0 Å². The molecule has 4 bridgehead atoms. The fourth-order valence-electron chi connectivity index (χ4n) is 5.52. The number of aliphatic carboxylic acids is 1. The lowest BCUT2D eigenvalue weighted by molar-refractivity contribution is -0.135. The van der Waals surface area contributed by atoms with Gasteiger partial charge in [0.1, 0.15) is 18.2 Å². The zero-order chi connectivity index (χ0) is 17.3. The van der Waals surface area contributed by atoms with Crippen LogP contribution in [0.15, 0.2) is 11.8 Å². The van der Waals surface area contributed by atoms with Gasteiger partial charge in [-0.15, -0.1) is 0 Å². The number of nitrogens with one attached hydrogen (secondary N) is 2. The highest BCUT2D eigenvalue weighted by Gasteiger charge is 2.53. The molecule has 24 heavy (non-hydrogen) atoms. The van der Waals surface area contributed by atoms with Crippen molar-refractivity contribution in [1.29, 1.82) is 5.26 Å². The number of carboxylic acid groups (broad SMARTS) is 1. The van der Waals surface area contributed by atoms with E-state index in [1.807, 2.05) is 6.07 Å². The van der Waals surface area contributed by atoms with Gasteiger partial charge in [-0.2, -0.15) is 5.26 Å². The van der Waals surface area contributed by atoms with Crippen LogP contribution in [0.4, 0.5) is 0 Å². The number of nitrogens with zero attached hydrogens (tertiary/aromatic N) is 1. The van der Waals surface area contributed by atoms with E-state index in [4.69, 9.17) is 10.4 Å². The van der Waals surface area contributed by atoms with Crippen LogP contribution in [0.2, 0.25) is 0 Å². The molecular formula is C18H25N3O3. The van der Waals surface area contributed by atoms with Gasteiger partial charge in [0.15, 0.2) is 0 Å². The van der Waals surface area contributed by atoms with E-state index in [0.29, 0.717) is 0 Å². The van der Waals surface area contributed by atoms with Gasteiger partial charge in [-0.05, 0) is 68.6 Å². The molecule has 1 atom stereocenters. The second kappa shape index (κ2) is 6.46. The van der Waals surface area contributed by atoms with Crippen molar-refractivity contribution >= 4 is 11.9 Å². The molecule has 0 aromatic heterocycles. The Labute approximate surface area is 142 Å². The summed E-state index contributed by atoms with van der Waals surface area (Å²) in [6.45, 7) is 1.74. The molecule has 6 nitrogen and oxygen atoms in total. The Hall–Kier alpha value is -2.03. The van der Waals surface area contributed by atoms with E-state index < -0.39 is 11.9 Å². The van der Waals surface area contributed by atoms with Crippen molar-refractivity contribution in [2.75, 3.05) is 6.54 Å². The van der Waals surface area contributed by atoms with Crippen LogP contribution in [0.25, 0.3) is 0 Å².